The number of nitrogens with zero attached hydrogens (tertiary/aromatic N) is 3. The van der Waals surface area contributed by atoms with Crippen LogP contribution in [0.15, 0.2) is 42.6 Å². The van der Waals surface area contributed by atoms with Crippen molar-refractivity contribution < 1.29 is 27.1 Å². The Kier molecular flexibility index (Phi) is 5.98. The first-order chi connectivity index (χ1) is 13.3. The maximum atomic E-state index is 12.9. The molecule has 3 rings (SSSR count). The van der Waals surface area contributed by atoms with Crippen LogP contribution in [-0.4, -0.2) is 54.9 Å². The summed E-state index contributed by atoms with van der Waals surface area (Å²) >= 11 is 0. The van der Waals surface area contributed by atoms with Crippen molar-refractivity contribution in [1.29, 1.82) is 0 Å². The van der Waals surface area contributed by atoms with Gasteiger partial charge in [0.2, 0.25) is 5.91 Å². The molecular formula is C18H18F4N4O2. The van der Waals surface area contributed by atoms with Gasteiger partial charge in [-0.05, 0) is 36.4 Å². The topological polar surface area (TPSA) is 57.7 Å². The minimum Gasteiger partial charge on any atom is -0.404 e. The van der Waals surface area contributed by atoms with Crippen molar-refractivity contribution >= 4 is 17.4 Å². The van der Waals surface area contributed by atoms with E-state index in [0.717, 1.165) is 6.20 Å². The van der Waals surface area contributed by atoms with E-state index >= 15 is 0 Å². The molecule has 10 heteroatoms. The molecule has 1 saturated heterocycles. The fourth-order valence-corrected chi connectivity index (χ4v) is 2.83. The lowest BCUT2D eigenvalue weighted by Gasteiger charge is -2.35. The number of ether oxygens (including phenoxy) is 1. The Morgan fingerprint density at radius 2 is 1.75 bits per heavy atom. The first-order valence-corrected chi connectivity index (χ1v) is 8.53. The fraction of sp³-hybridized carbons (Fsp3) is 0.333. The van der Waals surface area contributed by atoms with Gasteiger partial charge in [0.1, 0.15) is 17.4 Å². The smallest absolute Gasteiger partial charge is 0.404 e. The maximum Gasteiger partial charge on any atom is 0.573 e. The third-order valence-corrected chi connectivity index (χ3v) is 4.15. The molecule has 0 saturated carbocycles. The van der Waals surface area contributed by atoms with Gasteiger partial charge in [0.05, 0.1) is 12.7 Å². The van der Waals surface area contributed by atoms with E-state index in [-0.39, 0.29) is 24.0 Å². The summed E-state index contributed by atoms with van der Waals surface area (Å²) in [5.41, 5.74) is 0.524. The number of aromatic nitrogens is 1. The van der Waals surface area contributed by atoms with E-state index in [0.29, 0.717) is 37.7 Å². The summed E-state index contributed by atoms with van der Waals surface area (Å²) in [6, 6.07) is 8.21. The average molecular weight is 398 g/mol. The van der Waals surface area contributed by atoms with Crippen molar-refractivity contribution in [2.24, 2.45) is 0 Å². The molecular weight excluding hydrogens is 380 g/mol. The van der Waals surface area contributed by atoms with Crippen LogP contribution in [0.25, 0.3) is 0 Å². The Labute approximate surface area is 158 Å². The fourth-order valence-electron chi connectivity index (χ4n) is 2.83. The number of amides is 1. The number of hydrogen-bond donors (Lipinski definition) is 1. The molecule has 0 unspecified atom stereocenters. The molecule has 0 radical (unpaired) electrons. The van der Waals surface area contributed by atoms with E-state index in [9.17, 15) is 22.4 Å². The third kappa shape index (κ3) is 5.81. The Balaban J connectivity index is 1.46. The van der Waals surface area contributed by atoms with Gasteiger partial charge < -0.3 is 15.0 Å². The Hall–Kier alpha value is -2.88. The number of benzene rings is 1. The van der Waals surface area contributed by atoms with Crippen LogP contribution in [0.4, 0.5) is 29.1 Å². The highest BCUT2D eigenvalue weighted by atomic mass is 19.4. The van der Waals surface area contributed by atoms with Gasteiger partial charge >= 0.3 is 6.36 Å². The quantitative estimate of drug-likeness (QED) is 0.785. The van der Waals surface area contributed by atoms with Crippen molar-refractivity contribution in [2.45, 2.75) is 6.36 Å². The normalized spacial score (nSPS) is 15.4. The van der Waals surface area contributed by atoms with Crippen molar-refractivity contribution in [3.63, 3.8) is 0 Å². The number of alkyl halides is 3. The highest BCUT2D eigenvalue weighted by Crippen LogP contribution is 2.24. The number of hydrogen-bond acceptors (Lipinski definition) is 5. The first-order valence-electron chi connectivity index (χ1n) is 8.53. The summed E-state index contributed by atoms with van der Waals surface area (Å²) in [6.07, 6.45) is -3.71. The second kappa shape index (κ2) is 8.42. The van der Waals surface area contributed by atoms with Crippen molar-refractivity contribution in [1.82, 2.24) is 9.88 Å². The summed E-state index contributed by atoms with van der Waals surface area (Å²) in [7, 11) is 0. The van der Waals surface area contributed by atoms with Crippen LogP contribution < -0.4 is 15.0 Å². The second-order valence-electron chi connectivity index (χ2n) is 6.22. The number of carbonyl (C=O) groups is 1. The van der Waals surface area contributed by atoms with Crippen molar-refractivity contribution in [3.05, 3.63) is 48.4 Å². The molecule has 1 fully saturated rings. The highest BCUT2D eigenvalue weighted by molar-refractivity contribution is 5.92. The summed E-state index contributed by atoms with van der Waals surface area (Å²) in [6.45, 7) is 2.54. The largest absolute Gasteiger partial charge is 0.573 e. The van der Waals surface area contributed by atoms with Crippen LogP contribution in [0.2, 0.25) is 0 Å². The average Bonchev–Trinajstić information content (AvgIpc) is 2.64. The number of piperazine rings is 1. The zero-order valence-electron chi connectivity index (χ0n) is 14.7. The lowest BCUT2D eigenvalue weighted by Crippen LogP contribution is -2.48. The van der Waals surface area contributed by atoms with Gasteiger partial charge in [0.15, 0.2) is 0 Å². The molecule has 0 aliphatic carbocycles. The van der Waals surface area contributed by atoms with Gasteiger partial charge in [-0.2, -0.15) is 0 Å². The summed E-state index contributed by atoms with van der Waals surface area (Å²) in [4.78, 5) is 20.0. The number of halogens is 4. The zero-order chi connectivity index (χ0) is 20.1. The molecule has 1 aliphatic rings. The van der Waals surface area contributed by atoms with Gasteiger partial charge in [-0.25, -0.2) is 9.37 Å². The molecule has 1 amide bonds. The molecule has 0 spiro atoms. The number of rotatable bonds is 5. The van der Waals surface area contributed by atoms with Crippen LogP contribution in [0.5, 0.6) is 5.75 Å². The van der Waals surface area contributed by atoms with Crippen LogP contribution in [-0.2, 0) is 4.79 Å². The van der Waals surface area contributed by atoms with E-state index in [4.69, 9.17) is 0 Å². The highest BCUT2D eigenvalue weighted by Gasteiger charge is 2.31. The van der Waals surface area contributed by atoms with E-state index in [1.165, 1.54) is 36.4 Å². The maximum absolute atomic E-state index is 12.9. The van der Waals surface area contributed by atoms with Gasteiger partial charge in [-0.3, -0.25) is 9.69 Å². The molecule has 1 aromatic heterocycles. The van der Waals surface area contributed by atoms with E-state index in [2.05, 4.69) is 15.0 Å². The van der Waals surface area contributed by atoms with Gasteiger partial charge in [-0.1, -0.05) is 0 Å². The SMILES string of the molecule is O=C(CN1CCN(c2ccc(OC(F)(F)F)cn2)CC1)Nc1ccc(F)cc1. The molecule has 1 N–H and O–H groups in total. The summed E-state index contributed by atoms with van der Waals surface area (Å²) in [5, 5.41) is 2.71. The van der Waals surface area contributed by atoms with Gasteiger partial charge in [-0.15, -0.1) is 13.2 Å². The Morgan fingerprint density at radius 3 is 2.32 bits per heavy atom. The lowest BCUT2D eigenvalue weighted by atomic mass is 10.3. The van der Waals surface area contributed by atoms with Gasteiger partial charge in [0, 0.05) is 31.9 Å². The molecule has 0 atom stereocenters. The van der Waals surface area contributed by atoms with E-state index in [1.54, 1.807) is 0 Å². The predicted octanol–water partition coefficient (Wildman–Crippen LogP) is 2.88. The van der Waals surface area contributed by atoms with E-state index in [1.807, 2.05) is 9.80 Å². The molecule has 2 aromatic rings. The van der Waals surface area contributed by atoms with Gasteiger partial charge in [0.25, 0.3) is 0 Å². The number of pyridine rings is 1. The van der Waals surface area contributed by atoms with Crippen molar-refractivity contribution in [3.8, 4) is 5.75 Å². The third-order valence-electron chi connectivity index (χ3n) is 4.15. The molecule has 1 aromatic carbocycles. The molecule has 2 heterocycles. The minimum absolute atomic E-state index is 0.191. The minimum atomic E-state index is -4.75. The van der Waals surface area contributed by atoms with Crippen LogP contribution in [0.1, 0.15) is 0 Å². The van der Waals surface area contributed by atoms with Crippen LogP contribution in [0.3, 0.4) is 0 Å². The Bertz CT molecular complexity index is 789. The Morgan fingerprint density at radius 1 is 1.07 bits per heavy atom. The molecule has 0 bridgehead atoms. The zero-order valence-corrected chi connectivity index (χ0v) is 14.7. The number of carbonyl (C=O) groups excluding carboxylic acids is 1. The number of nitrogens with one attached hydrogen (secondary N) is 1. The molecule has 1 aliphatic heterocycles. The number of anilines is 2. The standard InChI is InChI=1S/C18H18F4N4O2/c19-13-1-3-14(4-2-13)24-17(27)12-25-7-9-26(10-8-25)16-6-5-15(11-23-16)28-18(20,21)22/h1-6,11H,7-10,12H2,(H,24,27). The van der Waals surface area contributed by atoms with E-state index < -0.39 is 6.36 Å². The van der Waals surface area contributed by atoms with Crippen LogP contribution in [0, 0.1) is 5.82 Å². The second-order valence-corrected chi connectivity index (χ2v) is 6.22. The summed E-state index contributed by atoms with van der Waals surface area (Å²) in [5.74, 6) is -0.398. The monoisotopic (exact) mass is 398 g/mol. The lowest BCUT2D eigenvalue weighted by molar-refractivity contribution is -0.274. The van der Waals surface area contributed by atoms with Crippen LogP contribution >= 0.6 is 0 Å². The summed E-state index contributed by atoms with van der Waals surface area (Å²) < 4.78 is 53.2. The predicted molar refractivity (Wildman–Crippen MR) is 94.6 cm³/mol. The molecule has 28 heavy (non-hydrogen) atoms. The molecule has 150 valence electrons. The van der Waals surface area contributed by atoms with Crippen molar-refractivity contribution in [2.75, 3.05) is 42.9 Å². The first kappa shape index (κ1) is 19.9. The molecule has 6 nitrogen and oxygen atoms in total.